The van der Waals surface area contributed by atoms with Crippen LogP contribution < -0.4 is 0 Å². The predicted molar refractivity (Wildman–Crippen MR) is 76.1 cm³/mol. The molecule has 1 unspecified atom stereocenters. The molecule has 1 aliphatic heterocycles. The van der Waals surface area contributed by atoms with Crippen LogP contribution in [0.3, 0.4) is 0 Å². The molecule has 0 N–H and O–H groups in total. The molecule has 0 spiro atoms. The number of pyridine rings is 1. The Kier molecular flexibility index (Phi) is 2.59. The van der Waals surface area contributed by atoms with Crippen LogP contribution in [0.2, 0.25) is 0 Å². The SMILES string of the molecule is c1ccc(C2Cc3nnc(-c4ccncc4)n3C2)cc1. The number of aromatic nitrogens is 4. The van der Waals surface area contributed by atoms with Crippen molar-refractivity contribution >= 4 is 0 Å². The van der Waals surface area contributed by atoms with Crippen molar-refractivity contribution in [2.75, 3.05) is 0 Å². The van der Waals surface area contributed by atoms with Crippen LogP contribution in [0.4, 0.5) is 0 Å². The van der Waals surface area contributed by atoms with Gasteiger partial charge in [0.2, 0.25) is 0 Å². The molecule has 0 radical (unpaired) electrons. The van der Waals surface area contributed by atoms with Crippen LogP contribution in [0.1, 0.15) is 17.3 Å². The zero-order chi connectivity index (χ0) is 13.4. The van der Waals surface area contributed by atoms with Crippen molar-refractivity contribution in [3.05, 3.63) is 66.2 Å². The maximum absolute atomic E-state index is 4.34. The number of fused-ring (bicyclic) bond motifs is 1. The average Bonchev–Trinajstić information content (AvgIpc) is 3.09. The number of hydrogen-bond donors (Lipinski definition) is 0. The highest BCUT2D eigenvalue weighted by atomic mass is 15.3. The molecule has 3 heterocycles. The molecule has 4 nitrogen and oxygen atoms in total. The van der Waals surface area contributed by atoms with Gasteiger partial charge in [-0.3, -0.25) is 4.98 Å². The van der Waals surface area contributed by atoms with Crippen LogP contribution in [0.5, 0.6) is 0 Å². The molecule has 98 valence electrons. The molecule has 2 aromatic heterocycles. The highest BCUT2D eigenvalue weighted by molar-refractivity contribution is 5.54. The summed E-state index contributed by atoms with van der Waals surface area (Å²) in [5.74, 6) is 2.52. The highest BCUT2D eigenvalue weighted by Gasteiger charge is 2.27. The first kappa shape index (κ1) is 11.3. The Hall–Kier alpha value is -2.49. The summed E-state index contributed by atoms with van der Waals surface area (Å²) in [6.07, 6.45) is 4.54. The van der Waals surface area contributed by atoms with Gasteiger partial charge < -0.3 is 4.57 Å². The third-order valence-corrected chi connectivity index (χ3v) is 3.87. The highest BCUT2D eigenvalue weighted by Crippen LogP contribution is 2.31. The molecular weight excluding hydrogens is 248 g/mol. The molecule has 20 heavy (non-hydrogen) atoms. The molecule has 3 aromatic rings. The Morgan fingerprint density at radius 2 is 1.75 bits per heavy atom. The van der Waals surface area contributed by atoms with Gasteiger partial charge in [0.15, 0.2) is 5.82 Å². The van der Waals surface area contributed by atoms with Gasteiger partial charge >= 0.3 is 0 Å². The fraction of sp³-hybridized carbons (Fsp3) is 0.188. The summed E-state index contributed by atoms with van der Waals surface area (Å²) in [6.45, 7) is 0.948. The van der Waals surface area contributed by atoms with Crippen molar-refractivity contribution < 1.29 is 0 Å². The molecule has 0 saturated heterocycles. The number of benzene rings is 1. The third-order valence-electron chi connectivity index (χ3n) is 3.87. The van der Waals surface area contributed by atoms with E-state index >= 15 is 0 Å². The monoisotopic (exact) mass is 262 g/mol. The summed E-state index contributed by atoms with van der Waals surface area (Å²) in [7, 11) is 0. The minimum atomic E-state index is 0.502. The smallest absolute Gasteiger partial charge is 0.164 e. The third kappa shape index (κ3) is 1.81. The molecule has 4 heteroatoms. The molecule has 0 saturated carbocycles. The standard InChI is InChI=1S/C16H14N4/c1-2-4-12(5-3-1)14-10-15-18-19-16(20(15)11-14)13-6-8-17-9-7-13/h1-9,14H,10-11H2. The fourth-order valence-electron chi connectivity index (χ4n) is 2.85. The topological polar surface area (TPSA) is 43.6 Å². The second-order valence-electron chi connectivity index (χ2n) is 5.10. The van der Waals surface area contributed by atoms with Crippen LogP contribution in [-0.2, 0) is 13.0 Å². The molecule has 1 aliphatic rings. The van der Waals surface area contributed by atoms with Crippen molar-refractivity contribution in [1.29, 1.82) is 0 Å². The molecular formula is C16H14N4. The lowest BCUT2D eigenvalue weighted by Crippen LogP contribution is -2.03. The second kappa shape index (κ2) is 4.56. The summed E-state index contributed by atoms with van der Waals surface area (Å²) >= 11 is 0. The van der Waals surface area contributed by atoms with E-state index in [4.69, 9.17) is 0 Å². The van der Waals surface area contributed by atoms with Gasteiger partial charge in [-0.1, -0.05) is 30.3 Å². The minimum absolute atomic E-state index is 0.502. The molecule has 0 bridgehead atoms. The Labute approximate surface area is 117 Å². The first-order valence-corrected chi connectivity index (χ1v) is 6.79. The second-order valence-corrected chi connectivity index (χ2v) is 5.10. The van der Waals surface area contributed by atoms with E-state index in [9.17, 15) is 0 Å². The largest absolute Gasteiger partial charge is 0.310 e. The number of nitrogens with zero attached hydrogens (tertiary/aromatic N) is 4. The molecule has 1 aromatic carbocycles. The van der Waals surface area contributed by atoms with Gasteiger partial charge in [0.05, 0.1) is 0 Å². The van der Waals surface area contributed by atoms with Gasteiger partial charge in [0.1, 0.15) is 5.82 Å². The quantitative estimate of drug-likeness (QED) is 0.713. The van der Waals surface area contributed by atoms with Gasteiger partial charge in [-0.15, -0.1) is 10.2 Å². The summed E-state index contributed by atoms with van der Waals surface area (Å²) in [6, 6.07) is 14.6. The van der Waals surface area contributed by atoms with Gasteiger partial charge in [0.25, 0.3) is 0 Å². The lowest BCUT2D eigenvalue weighted by Gasteiger charge is -2.09. The van der Waals surface area contributed by atoms with Crippen molar-refractivity contribution in [3.8, 4) is 11.4 Å². The van der Waals surface area contributed by atoms with Crippen molar-refractivity contribution in [2.24, 2.45) is 0 Å². The Balaban J connectivity index is 1.68. The van der Waals surface area contributed by atoms with Crippen LogP contribution >= 0.6 is 0 Å². The van der Waals surface area contributed by atoms with Gasteiger partial charge in [-0.25, -0.2) is 0 Å². The number of hydrogen-bond acceptors (Lipinski definition) is 3. The van der Waals surface area contributed by atoms with E-state index in [-0.39, 0.29) is 0 Å². The molecule has 4 rings (SSSR count). The summed E-state index contributed by atoms with van der Waals surface area (Å²) < 4.78 is 2.23. The molecule has 0 amide bonds. The zero-order valence-electron chi connectivity index (χ0n) is 11.0. The van der Waals surface area contributed by atoms with Crippen LogP contribution in [0.25, 0.3) is 11.4 Å². The Bertz CT molecular complexity index is 719. The van der Waals surface area contributed by atoms with E-state index in [0.717, 1.165) is 30.2 Å². The van der Waals surface area contributed by atoms with E-state index in [1.54, 1.807) is 12.4 Å². The van der Waals surface area contributed by atoms with Gasteiger partial charge in [-0.05, 0) is 17.7 Å². The maximum Gasteiger partial charge on any atom is 0.164 e. The minimum Gasteiger partial charge on any atom is -0.310 e. The zero-order valence-corrected chi connectivity index (χ0v) is 11.0. The summed E-state index contributed by atoms with van der Waals surface area (Å²) in [5.41, 5.74) is 2.45. The normalized spacial score (nSPS) is 17.1. The van der Waals surface area contributed by atoms with Crippen molar-refractivity contribution in [1.82, 2.24) is 19.7 Å². The van der Waals surface area contributed by atoms with Crippen molar-refractivity contribution in [3.63, 3.8) is 0 Å². The molecule has 0 aliphatic carbocycles. The van der Waals surface area contributed by atoms with Gasteiger partial charge in [0, 0.05) is 36.8 Å². The Morgan fingerprint density at radius 3 is 2.55 bits per heavy atom. The van der Waals surface area contributed by atoms with Crippen LogP contribution in [0, 0.1) is 0 Å². The van der Waals surface area contributed by atoms with Crippen molar-refractivity contribution in [2.45, 2.75) is 18.9 Å². The first-order valence-electron chi connectivity index (χ1n) is 6.79. The number of rotatable bonds is 2. The molecule has 0 fully saturated rings. The molecule has 1 atom stereocenters. The lowest BCUT2D eigenvalue weighted by atomic mass is 9.98. The van der Waals surface area contributed by atoms with E-state index in [1.165, 1.54) is 5.56 Å². The van der Waals surface area contributed by atoms with E-state index in [0.29, 0.717) is 5.92 Å². The van der Waals surface area contributed by atoms with Crippen LogP contribution in [-0.4, -0.2) is 19.7 Å². The average molecular weight is 262 g/mol. The van der Waals surface area contributed by atoms with E-state index in [1.807, 2.05) is 12.1 Å². The van der Waals surface area contributed by atoms with Crippen LogP contribution in [0.15, 0.2) is 54.9 Å². The predicted octanol–water partition coefficient (Wildman–Crippen LogP) is 2.68. The summed E-state index contributed by atoms with van der Waals surface area (Å²) in [5, 5.41) is 8.66. The maximum atomic E-state index is 4.34. The Morgan fingerprint density at radius 1 is 0.950 bits per heavy atom. The fourth-order valence-corrected chi connectivity index (χ4v) is 2.85. The van der Waals surface area contributed by atoms with E-state index < -0.39 is 0 Å². The van der Waals surface area contributed by atoms with Gasteiger partial charge in [-0.2, -0.15) is 0 Å². The summed E-state index contributed by atoms with van der Waals surface area (Å²) in [4.78, 5) is 4.05. The lowest BCUT2D eigenvalue weighted by molar-refractivity contribution is 0.650. The first-order chi connectivity index (χ1) is 9.92. The van der Waals surface area contributed by atoms with E-state index in [2.05, 4.69) is 50.1 Å².